The number of rotatable bonds is 2. The molecule has 1 heterocycles. The Hall–Kier alpha value is -0.995. The number of β-lactam (4-membered cyclic amide) rings is 1. The van der Waals surface area contributed by atoms with Gasteiger partial charge in [-0.25, -0.2) is 0 Å². The fourth-order valence-electron chi connectivity index (χ4n) is 1.34. The quantitative estimate of drug-likeness (QED) is 0.404. The van der Waals surface area contributed by atoms with Crippen LogP contribution in [-0.4, -0.2) is 31.6 Å². The Kier molecular flexibility index (Phi) is 2.13. The number of amides is 2. The minimum Gasteiger partial charge on any atom is -0.364 e. The van der Waals surface area contributed by atoms with Gasteiger partial charge in [0.05, 0.1) is 5.92 Å². The van der Waals surface area contributed by atoms with Crippen molar-refractivity contribution in [3.63, 3.8) is 0 Å². The van der Waals surface area contributed by atoms with Crippen LogP contribution in [0.5, 0.6) is 0 Å². The third-order valence-corrected chi connectivity index (χ3v) is 2.19. The molecule has 0 aliphatic carbocycles. The minimum absolute atomic E-state index is 0.0220. The highest BCUT2D eigenvalue weighted by Gasteiger charge is 2.45. The molecule has 1 aliphatic rings. The van der Waals surface area contributed by atoms with Gasteiger partial charge in [-0.05, 0) is 13.8 Å². The summed E-state index contributed by atoms with van der Waals surface area (Å²) in [5.74, 6) is -0.152. The monoisotopic (exact) mass is 168 g/mol. The van der Waals surface area contributed by atoms with Crippen molar-refractivity contribution in [1.82, 2.24) is 10.6 Å². The molecule has 1 aliphatic heterocycles. The summed E-state index contributed by atoms with van der Waals surface area (Å²) >= 11 is 0. The van der Waals surface area contributed by atoms with Gasteiger partial charge in [0.1, 0.15) is 0 Å². The average molecular weight is 168 g/mol. The highest BCUT2D eigenvalue weighted by molar-refractivity contribution is 6.57. The molecular weight excluding hydrogens is 155 g/mol. The summed E-state index contributed by atoms with van der Waals surface area (Å²) in [6.45, 7) is 4.33. The normalized spacial score (nSPS) is 25.5. The Bertz CT molecular complexity index is 227. The van der Waals surface area contributed by atoms with Gasteiger partial charge in [-0.15, -0.1) is 0 Å². The largest absolute Gasteiger partial charge is 0.364 e. The van der Waals surface area contributed by atoms with Crippen LogP contribution in [0.15, 0.2) is 0 Å². The van der Waals surface area contributed by atoms with E-state index in [1.54, 1.807) is 0 Å². The molecule has 66 valence electrons. The first-order chi connectivity index (χ1) is 5.43. The molecule has 5 heteroatoms. The Morgan fingerprint density at radius 3 is 2.67 bits per heavy atom. The number of nitrogens with one attached hydrogen (secondary N) is 2. The molecule has 1 fully saturated rings. The molecule has 2 amide bonds. The zero-order valence-electron chi connectivity index (χ0n) is 7.60. The van der Waals surface area contributed by atoms with Crippen LogP contribution in [-0.2, 0) is 4.79 Å². The summed E-state index contributed by atoms with van der Waals surface area (Å²) in [5.41, 5.74) is -0.167. The molecule has 0 spiro atoms. The van der Waals surface area contributed by atoms with Crippen molar-refractivity contribution in [1.29, 1.82) is 0 Å². The van der Waals surface area contributed by atoms with Crippen LogP contribution >= 0.6 is 0 Å². The molecule has 1 atom stereocenters. The van der Waals surface area contributed by atoms with Crippen molar-refractivity contribution in [2.24, 2.45) is 5.92 Å². The molecular formula is C7H13BN2O2. The smallest absolute Gasteiger partial charge is 0.227 e. The first kappa shape index (κ1) is 9.10. The summed E-state index contributed by atoms with van der Waals surface area (Å²) in [7, 11) is 1.45. The number of carbonyl (C=O) groups excluding carboxylic acids is 2. The maximum Gasteiger partial charge on any atom is 0.227 e. The highest BCUT2D eigenvalue weighted by atomic mass is 16.2. The second-order valence-electron chi connectivity index (χ2n) is 3.70. The molecule has 0 saturated carbocycles. The van der Waals surface area contributed by atoms with Gasteiger partial charge in [-0.2, -0.15) is 0 Å². The summed E-state index contributed by atoms with van der Waals surface area (Å²) in [6, 6.07) is 0. The first-order valence-corrected chi connectivity index (χ1v) is 4.00. The third kappa shape index (κ3) is 1.60. The van der Waals surface area contributed by atoms with Crippen LogP contribution in [0.3, 0.4) is 0 Å². The maximum absolute atomic E-state index is 11.0. The van der Waals surface area contributed by atoms with E-state index >= 15 is 0 Å². The Morgan fingerprint density at radius 2 is 2.33 bits per heavy atom. The molecule has 0 unspecified atom stereocenters. The standard InChI is InChI=1S/C7H13BN2O2/c1-7(2)4(5(11)10-7)3-9-6(8)12/h4H,3,8H2,1-2H3,(H,9,12)(H,10,11)/t4-/m0/s1. The van der Waals surface area contributed by atoms with Crippen LogP contribution in [0.25, 0.3) is 0 Å². The lowest BCUT2D eigenvalue weighted by Crippen LogP contribution is -2.68. The van der Waals surface area contributed by atoms with Crippen LogP contribution in [0, 0.1) is 5.92 Å². The molecule has 12 heavy (non-hydrogen) atoms. The predicted molar refractivity (Wildman–Crippen MR) is 47.7 cm³/mol. The fourth-order valence-corrected chi connectivity index (χ4v) is 1.34. The molecule has 0 bridgehead atoms. The van der Waals surface area contributed by atoms with E-state index in [0.29, 0.717) is 6.54 Å². The van der Waals surface area contributed by atoms with Crippen LogP contribution in [0.1, 0.15) is 13.8 Å². The minimum atomic E-state index is -0.167. The lowest BCUT2D eigenvalue weighted by Gasteiger charge is -2.44. The third-order valence-electron chi connectivity index (χ3n) is 2.19. The van der Waals surface area contributed by atoms with Crippen molar-refractivity contribution < 1.29 is 9.59 Å². The zero-order chi connectivity index (χ0) is 9.35. The summed E-state index contributed by atoms with van der Waals surface area (Å²) < 4.78 is 0. The molecule has 0 aromatic carbocycles. The molecule has 2 N–H and O–H groups in total. The van der Waals surface area contributed by atoms with E-state index in [0.717, 1.165) is 0 Å². The first-order valence-electron chi connectivity index (χ1n) is 4.00. The molecule has 0 aromatic heterocycles. The Balaban J connectivity index is 2.41. The van der Waals surface area contributed by atoms with Gasteiger partial charge >= 0.3 is 0 Å². The lowest BCUT2D eigenvalue weighted by molar-refractivity contribution is -0.139. The SMILES string of the molecule is BC(=O)NC[C@H]1C(=O)NC1(C)C. The number of hydrogen-bond donors (Lipinski definition) is 2. The number of hydrogen-bond acceptors (Lipinski definition) is 2. The Morgan fingerprint density at radius 1 is 1.75 bits per heavy atom. The maximum atomic E-state index is 11.0. The summed E-state index contributed by atoms with van der Waals surface area (Å²) in [4.78, 5) is 21.6. The summed E-state index contributed by atoms with van der Waals surface area (Å²) in [5, 5.41) is 5.40. The van der Waals surface area contributed by atoms with Gasteiger partial charge < -0.3 is 10.6 Å². The zero-order valence-corrected chi connectivity index (χ0v) is 7.60. The van der Waals surface area contributed by atoms with Crippen molar-refractivity contribution >= 4 is 19.6 Å². The molecule has 1 rings (SSSR count). The second kappa shape index (κ2) is 2.81. The van der Waals surface area contributed by atoms with E-state index in [2.05, 4.69) is 10.6 Å². The Labute approximate surface area is 72.5 Å². The number of carbonyl (C=O) groups is 2. The van der Waals surface area contributed by atoms with E-state index < -0.39 is 0 Å². The van der Waals surface area contributed by atoms with Gasteiger partial charge in [0.15, 0.2) is 5.81 Å². The van der Waals surface area contributed by atoms with Crippen molar-refractivity contribution in [3.8, 4) is 0 Å². The van der Waals surface area contributed by atoms with E-state index in [4.69, 9.17) is 0 Å². The highest BCUT2D eigenvalue weighted by Crippen LogP contribution is 2.25. The molecule has 0 aromatic rings. The molecule has 4 nitrogen and oxygen atoms in total. The van der Waals surface area contributed by atoms with Crippen molar-refractivity contribution in [2.45, 2.75) is 19.4 Å². The molecule has 0 radical (unpaired) electrons. The van der Waals surface area contributed by atoms with E-state index in [1.807, 2.05) is 13.8 Å². The van der Waals surface area contributed by atoms with Gasteiger partial charge in [0, 0.05) is 12.1 Å². The molecule has 1 saturated heterocycles. The fraction of sp³-hybridized carbons (Fsp3) is 0.714. The topological polar surface area (TPSA) is 58.2 Å². The summed E-state index contributed by atoms with van der Waals surface area (Å²) in [6.07, 6.45) is 0. The van der Waals surface area contributed by atoms with Crippen LogP contribution in [0.2, 0.25) is 0 Å². The van der Waals surface area contributed by atoms with Gasteiger partial charge in [0.2, 0.25) is 13.8 Å². The predicted octanol–water partition coefficient (Wildman–Crippen LogP) is -1.15. The van der Waals surface area contributed by atoms with Gasteiger partial charge in [-0.3, -0.25) is 9.59 Å². The second-order valence-corrected chi connectivity index (χ2v) is 3.70. The van der Waals surface area contributed by atoms with Gasteiger partial charge in [-0.1, -0.05) is 0 Å². The van der Waals surface area contributed by atoms with Crippen molar-refractivity contribution in [2.75, 3.05) is 6.54 Å². The van der Waals surface area contributed by atoms with Gasteiger partial charge in [0.25, 0.3) is 0 Å². The van der Waals surface area contributed by atoms with E-state index in [1.165, 1.54) is 7.85 Å². The van der Waals surface area contributed by atoms with Crippen molar-refractivity contribution in [3.05, 3.63) is 0 Å². The average Bonchev–Trinajstić information content (AvgIpc) is 1.84. The lowest BCUT2D eigenvalue weighted by atomic mass is 9.78. The van der Waals surface area contributed by atoms with Crippen LogP contribution in [0.4, 0.5) is 4.79 Å². The van der Waals surface area contributed by atoms with E-state index in [-0.39, 0.29) is 23.2 Å². The van der Waals surface area contributed by atoms with Crippen LogP contribution < -0.4 is 10.6 Å². The van der Waals surface area contributed by atoms with E-state index in [9.17, 15) is 9.59 Å².